The molecule has 0 saturated carbocycles. The van der Waals surface area contributed by atoms with Crippen LogP contribution < -0.4 is 10.6 Å². The van der Waals surface area contributed by atoms with Gasteiger partial charge >= 0.3 is 0 Å². The van der Waals surface area contributed by atoms with Crippen molar-refractivity contribution in [3.05, 3.63) is 24.2 Å². The van der Waals surface area contributed by atoms with Gasteiger partial charge in [0.2, 0.25) is 0 Å². The predicted octanol–water partition coefficient (Wildman–Crippen LogP) is 2.11. The van der Waals surface area contributed by atoms with Crippen LogP contribution in [-0.4, -0.2) is 63.3 Å². The van der Waals surface area contributed by atoms with Gasteiger partial charge in [0.25, 0.3) is 0 Å². The summed E-state index contributed by atoms with van der Waals surface area (Å²) in [5.41, 5.74) is 0. The van der Waals surface area contributed by atoms with Gasteiger partial charge in [0, 0.05) is 52.3 Å². The van der Waals surface area contributed by atoms with E-state index >= 15 is 0 Å². The quantitative estimate of drug-likeness (QED) is 0.385. The Balaban J connectivity index is 0.00000225. The molecule has 3 rings (SSSR count). The van der Waals surface area contributed by atoms with E-state index in [1.54, 1.807) is 6.26 Å². The molecule has 0 bridgehead atoms. The summed E-state index contributed by atoms with van der Waals surface area (Å²) in [6, 6.07) is 4.44. The Hall–Kier alpha value is -0.800. The Labute approximate surface area is 167 Å². The van der Waals surface area contributed by atoms with Crippen molar-refractivity contribution >= 4 is 29.9 Å². The fourth-order valence-electron chi connectivity index (χ4n) is 3.50. The number of furan rings is 1. The summed E-state index contributed by atoms with van der Waals surface area (Å²) in [6.45, 7) is 6.25. The van der Waals surface area contributed by atoms with Gasteiger partial charge in [0.1, 0.15) is 5.76 Å². The number of halogens is 1. The molecule has 3 heterocycles. The van der Waals surface area contributed by atoms with Crippen LogP contribution in [0.25, 0.3) is 0 Å². The van der Waals surface area contributed by atoms with Crippen molar-refractivity contribution in [2.24, 2.45) is 10.9 Å². The molecule has 0 aromatic carbocycles. The van der Waals surface area contributed by atoms with Gasteiger partial charge in [-0.2, -0.15) is 0 Å². The van der Waals surface area contributed by atoms with E-state index in [1.165, 1.54) is 25.8 Å². The zero-order chi connectivity index (χ0) is 16.6. The number of nitrogens with zero attached hydrogens (tertiary/aromatic N) is 2. The second-order valence-electron chi connectivity index (χ2n) is 6.78. The molecule has 0 aliphatic carbocycles. The minimum absolute atomic E-state index is 0. The first-order valence-electron chi connectivity index (χ1n) is 9.13. The first-order valence-corrected chi connectivity index (χ1v) is 9.13. The average molecular weight is 462 g/mol. The molecule has 2 fully saturated rings. The SMILES string of the molecule is CN=C(NCCc1ccco1)NC1CCN(CC2CCOC2)CC1.I. The molecule has 1 aromatic heterocycles. The summed E-state index contributed by atoms with van der Waals surface area (Å²) in [4.78, 5) is 6.92. The maximum absolute atomic E-state index is 5.48. The number of piperidine rings is 1. The highest BCUT2D eigenvalue weighted by Crippen LogP contribution is 2.17. The van der Waals surface area contributed by atoms with Crippen LogP contribution in [0.3, 0.4) is 0 Å². The molecule has 0 spiro atoms. The number of likely N-dealkylation sites (tertiary alicyclic amines) is 1. The molecule has 1 aromatic rings. The van der Waals surface area contributed by atoms with Crippen LogP contribution in [0.5, 0.6) is 0 Å². The van der Waals surface area contributed by atoms with Gasteiger partial charge in [-0.1, -0.05) is 0 Å². The van der Waals surface area contributed by atoms with Crippen molar-refractivity contribution in [2.45, 2.75) is 31.7 Å². The summed E-state index contributed by atoms with van der Waals surface area (Å²) in [5, 5.41) is 6.93. The normalized spacial score (nSPS) is 22.6. The number of ether oxygens (including phenoxy) is 1. The molecule has 25 heavy (non-hydrogen) atoms. The summed E-state index contributed by atoms with van der Waals surface area (Å²) in [7, 11) is 1.83. The molecule has 0 radical (unpaired) electrons. The number of aliphatic imine (C=N–C) groups is 1. The first-order chi connectivity index (χ1) is 11.8. The Bertz CT molecular complexity index is 495. The second-order valence-corrected chi connectivity index (χ2v) is 6.78. The fraction of sp³-hybridized carbons (Fsp3) is 0.722. The Morgan fingerprint density at radius 3 is 2.80 bits per heavy atom. The summed E-state index contributed by atoms with van der Waals surface area (Å²) in [5.74, 6) is 2.64. The lowest BCUT2D eigenvalue weighted by molar-refractivity contribution is 0.150. The maximum Gasteiger partial charge on any atom is 0.191 e. The van der Waals surface area contributed by atoms with Crippen LogP contribution in [-0.2, 0) is 11.2 Å². The lowest BCUT2D eigenvalue weighted by atomic mass is 10.0. The van der Waals surface area contributed by atoms with E-state index in [0.29, 0.717) is 6.04 Å². The lowest BCUT2D eigenvalue weighted by Gasteiger charge is -2.34. The number of nitrogens with one attached hydrogen (secondary N) is 2. The molecule has 1 atom stereocenters. The van der Waals surface area contributed by atoms with Gasteiger partial charge in [-0.05, 0) is 37.3 Å². The first kappa shape index (κ1) is 20.5. The zero-order valence-electron chi connectivity index (χ0n) is 15.1. The van der Waals surface area contributed by atoms with Crippen LogP contribution >= 0.6 is 24.0 Å². The third-order valence-electron chi connectivity index (χ3n) is 4.94. The van der Waals surface area contributed by atoms with Gasteiger partial charge in [-0.25, -0.2) is 0 Å². The molecule has 142 valence electrons. The van der Waals surface area contributed by atoms with Gasteiger partial charge in [0.15, 0.2) is 5.96 Å². The van der Waals surface area contributed by atoms with E-state index in [0.717, 1.165) is 56.9 Å². The third kappa shape index (κ3) is 6.79. The van der Waals surface area contributed by atoms with Gasteiger partial charge in [0.05, 0.1) is 12.9 Å². The van der Waals surface area contributed by atoms with Crippen molar-refractivity contribution in [3.8, 4) is 0 Å². The van der Waals surface area contributed by atoms with Crippen LogP contribution in [0.4, 0.5) is 0 Å². The average Bonchev–Trinajstić information content (AvgIpc) is 3.29. The minimum atomic E-state index is 0. The highest BCUT2D eigenvalue weighted by molar-refractivity contribution is 14.0. The summed E-state index contributed by atoms with van der Waals surface area (Å²) in [6.07, 6.45) is 6.16. The molecule has 1 unspecified atom stereocenters. The Morgan fingerprint density at radius 2 is 2.16 bits per heavy atom. The highest BCUT2D eigenvalue weighted by atomic mass is 127. The molecule has 2 aliphatic rings. The molecule has 2 aliphatic heterocycles. The smallest absolute Gasteiger partial charge is 0.191 e. The predicted molar refractivity (Wildman–Crippen MR) is 111 cm³/mol. The zero-order valence-corrected chi connectivity index (χ0v) is 17.4. The summed E-state index contributed by atoms with van der Waals surface area (Å²) < 4.78 is 10.8. The topological polar surface area (TPSA) is 62.0 Å². The fourth-order valence-corrected chi connectivity index (χ4v) is 3.50. The lowest BCUT2D eigenvalue weighted by Crippen LogP contribution is -2.49. The number of hydrogen-bond donors (Lipinski definition) is 2. The monoisotopic (exact) mass is 462 g/mol. The Morgan fingerprint density at radius 1 is 1.32 bits per heavy atom. The molecule has 2 N–H and O–H groups in total. The van der Waals surface area contributed by atoms with Crippen molar-refractivity contribution in [2.75, 3.05) is 46.4 Å². The van der Waals surface area contributed by atoms with Gasteiger partial charge < -0.3 is 24.7 Å². The molecule has 6 nitrogen and oxygen atoms in total. The highest BCUT2D eigenvalue weighted by Gasteiger charge is 2.24. The molecular formula is C18H31IN4O2. The van der Waals surface area contributed by atoms with E-state index in [1.807, 2.05) is 19.2 Å². The van der Waals surface area contributed by atoms with Crippen LogP contribution in [0, 0.1) is 5.92 Å². The molecular weight excluding hydrogens is 431 g/mol. The van der Waals surface area contributed by atoms with Gasteiger partial charge in [-0.15, -0.1) is 24.0 Å². The van der Waals surface area contributed by atoms with Crippen LogP contribution in [0.15, 0.2) is 27.8 Å². The van der Waals surface area contributed by atoms with Crippen LogP contribution in [0.1, 0.15) is 25.0 Å². The number of hydrogen-bond acceptors (Lipinski definition) is 4. The Kier molecular flexibility index (Phi) is 9.05. The summed E-state index contributed by atoms with van der Waals surface area (Å²) >= 11 is 0. The molecule has 2 saturated heterocycles. The minimum Gasteiger partial charge on any atom is -0.469 e. The largest absolute Gasteiger partial charge is 0.469 e. The molecule has 0 amide bonds. The van der Waals surface area contributed by atoms with Crippen LogP contribution in [0.2, 0.25) is 0 Å². The molecule has 7 heteroatoms. The van der Waals surface area contributed by atoms with Crippen molar-refractivity contribution in [3.63, 3.8) is 0 Å². The van der Waals surface area contributed by atoms with E-state index < -0.39 is 0 Å². The number of rotatable bonds is 6. The van der Waals surface area contributed by atoms with E-state index in [2.05, 4.69) is 20.5 Å². The second kappa shape index (κ2) is 11.0. The van der Waals surface area contributed by atoms with E-state index in [-0.39, 0.29) is 24.0 Å². The maximum atomic E-state index is 5.48. The third-order valence-corrected chi connectivity index (χ3v) is 4.94. The van der Waals surface area contributed by atoms with E-state index in [4.69, 9.17) is 9.15 Å². The van der Waals surface area contributed by atoms with Gasteiger partial charge in [-0.3, -0.25) is 4.99 Å². The van der Waals surface area contributed by atoms with Crippen molar-refractivity contribution in [1.82, 2.24) is 15.5 Å². The van der Waals surface area contributed by atoms with Crippen molar-refractivity contribution < 1.29 is 9.15 Å². The number of guanidine groups is 1. The standard InChI is InChI=1S/C18H30N4O2.HI/c1-19-18(20-8-4-17-3-2-11-24-17)21-16-5-9-22(10-6-16)13-15-7-12-23-14-15;/h2-3,11,15-16H,4-10,12-14H2,1H3,(H2,19,20,21);1H. The van der Waals surface area contributed by atoms with Crippen molar-refractivity contribution in [1.29, 1.82) is 0 Å². The van der Waals surface area contributed by atoms with E-state index in [9.17, 15) is 0 Å².